The molecule has 0 aromatic heterocycles. The first-order valence-electron chi connectivity index (χ1n) is 8.04. The molecule has 27 heavy (non-hydrogen) atoms. The van der Waals surface area contributed by atoms with E-state index < -0.39 is 0 Å². The van der Waals surface area contributed by atoms with Crippen molar-refractivity contribution in [3.05, 3.63) is 69.1 Å². The molecule has 0 spiro atoms. The van der Waals surface area contributed by atoms with Crippen molar-refractivity contribution >= 4 is 54.8 Å². The number of ether oxygens (including phenoxy) is 2. The largest absolute Gasteiger partial charge is 0.497 e. The highest BCUT2D eigenvalue weighted by Crippen LogP contribution is 2.32. The first-order chi connectivity index (χ1) is 13.1. The minimum absolute atomic E-state index is 0.145. The lowest BCUT2D eigenvalue weighted by atomic mass is 10.1. The Morgan fingerprint density at radius 3 is 2.78 bits per heavy atom. The summed E-state index contributed by atoms with van der Waals surface area (Å²) in [7, 11) is 1.59. The van der Waals surface area contributed by atoms with Crippen LogP contribution in [0.1, 0.15) is 5.56 Å². The molecule has 0 atom stereocenters. The summed E-state index contributed by atoms with van der Waals surface area (Å²) in [6, 6.07) is 17.2. The van der Waals surface area contributed by atoms with Crippen LogP contribution in [0.2, 0.25) is 0 Å². The van der Waals surface area contributed by atoms with Crippen LogP contribution in [-0.2, 0) is 4.79 Å². The number of rotatable bonds is 6. The van der Waals surface area contributed by atoms with Crippen molar-refractivity contribution in [3.63, 3.8) is 0 Å². The molecule has 0 saturated heterocycles. The van der Waals surface area contributed by atoms with Crippen LogP contribution in [0.4, 0.5) is 0 Å². The van der Waals surface area contributed by atoms with E-state index in [4.69, 9.17) is 9.47 Å². The molecule has 138 valence electrons. The van der Waals surface area contributed by atoms with E-state index in [2.05, 4.69) is 42.4 Å². The monoisotopic (exact) mass is 490 g/mol. The van der Waals surface area contributed by atoms with Crippen LogP contribution in [0.15, 0.2) is 68.6 Å². The Labute approximate surface area is 173 Å². The quantitative estimate of drug-likeness (QED) is 0.394. The van der Waals surface area contributed by atoms with Crippen molar-refractivity contribution in [2.75, 3.05) is 13.7 Å². The second-order valence-corrected chi connectivity index (χ2v) is 7.22. The second kappa shape index (κ2) is 9.01. The Hall–Kier alpha value is -2.38. The molecular formula is C20H16Br2N2O3. The minimum Gasteiger partial charge on any atom is -0.497 e. The zero-order valence-electron chi connectivity index (χ0n) is 14.4. The van der Waals surface area contributed by atoms with Crippen molar-refractivity contribution in [3.8, 4) is 11.5 Å². The highest BCUT2D eigenvalue weighted by molar-refractivity contribution is 9.11. The van der Waals surface area contributed by atoms with Crippen molar-refractivity contribution in [1.29, 1.82) is 0 Å². The average Bonchev–Trinajstić information content (AvgIpc) is 2.69. The molecule has 0 fully saturated rings. The van der Waals surface area contributed by atoms with Gasteiger partial charge in [-0.1, -0.05) is 46.3 Å². The first kappa shape index (κ1) is 19.4. The molecule has 7 heteroatoms. The Bertz CT molecular complexity index is 1010. The Morgan fingerprint density at radius 2 is 1.96 bits per heavy atom. The number of nitrogens with one attached hydrogen (secondary N) is 1. The van der Waals surface area contributed by atoms with Gasteiger partial charge in [0, 0.05) is 10.0 Å². The summed E-state index contributed by atoms with van der Waals surface area (Å²) < 4.78 is 12.4. The van der Waals surface area contributed by atoms with E-state index in [0.717, 1.165) is 25.3 Å². The first-order valence-corrected chi connectivity index (χ1v) is 9.62. The van der Waals surface area contributed by atoms with Crippen LogP contribution in [0, 0.1) is 0 Å². The third kappa shape index (κ3) is 4.87. The number of methoxy groups -OCH3 is 1. The molecule has 0 bridgehead atoms. The highest BCUT2D eigenvalue weighted by Gasteiger charge is 2.08. The maximum Gasteiger partial charge on any atom is 0.277 e. The summed E-state index contributed by atoms with van der Waals surface area (Å²) in [6.45, 7) is -0.145. The number of halogens is 2. The fraction of sp³-hybridized carbons (Fsp3) is 0.100. The number of hydrazone groups is 1. The van der Waals surface area contributed by atoms with E-state index in [1.807, 2.05) is 54.6 Å². The lowest BCUT2D eigenvalue weighted by molar-refractivity contribution is -0.123. The lowest BCUT2D eigenvalue weighted by Gasteiger charge is -2.09. The van der Waals surface area contributed by atoms with Crippen molar-refractivity contribution < 1.29 is 14.3 Å². The van der Waals surface area contributed by atoms with Gasteiger partial charge in [0.1, 0.15) is 11.5 Å². The summed E-state index contributed by atoms with van der Waals surface area (Å²) in [5.74, 6) is 0.948. The maximum absolute atomic E-state index is 12.0. The maximum atomic E-state index is 12.0. The Morgan fingerprint density at radius 1 is 1.15 bits per heavy atom. The van der Waals surface area contributed by atoms with E-state index in [1.54, 1.807) is 7.11 Å². The standard InChI is InChI=1S/C20H16Br2N2O3/c1-26-15-7-8-17(21)14(10-15)11-23-24-19(25)12-27-18-9-6-13-4-2-3-5-16(13)20(18)22/h2-11H,12H2,1H3,(H,24,25). The molecule has 3 aromatic carbocycles. The van der Waals surface area contributed by atoms with Crippen LogP contribution in [0.25, 0.3) is 10.8 Å². The van der Waals surface area contributed by atoms with Gasteiger partial charge in [-0.2, -0.15) is 5.10 Å². The van der Waals surface area contributed by atoms with Crippen molar-refractivity contribution in [2.24, 2.45) is 5.10 Å². The van der Waals surface area contributed by atoms with Gasteiger partial charge < -0.3 is 9.47 Å². The number of hydrogen-bond donors (Lipinski definition) is 1. The van der Waals surface area contributed by atoms with Crippen molar-refractivity contribution in [2.45, 2.75) is 0 Å². The smallest absolute Gasteiger partial charge is 0.277 e. The van der Waals surface area contributed by atoms with Crippen molar-refractivity contribution in [1.82, 2.24) is 5.43 Å². The summed E-state index contributed by atoms with van der Waals surface area (Å²) in [4.78, 5) is 12.0. The zero-order valence-corrected chi connectivity index (χ0v) is 17.6. The fourth-order valence-electron chi connectivity index (χ4n) is 2.42. The van der Waals surface area contributed by atoms with E-state index in [-0.39, 0.29) is 12.5 Å². The van der Waals surface area contributed by atoms with E-state index in [9.17, 15) is 4.79 Å². The molecule has 1 N–H and O–H groups in total. The molecule has 5 nitrogen and oxygen atoms in total. The van der Waals surface area contributed by atoms with E-state index in [1.165, 1.54) is 6.21 Å². The van der Waals surface area contributed by atoms with Gasteiger partial charge in [-0.25, -0.2) is 5.43 Å². The molecule has 0 unspecified atom stereocenters. The number of fused-ring (bicyclic) bond motifs is 1. The number of carbonyl (C=O) groups excluding carboxylic acids is 1. The van der Waals surface area contributed by atoms with Gasteiger partial charge >= 0.3 is 0 Å². The van der Waals surface area contributed by atoms with Gasteiger partial charge in [0.05, 0.1) is 17.8 Å². The fourth-order valence-corrected chi connectivity index (χ4v) is 3.38. The van der Waals surface area contributed by atoms with Crippen LogP contribution in [-0.4, -0.2) is 25.8 Å². The molecular weight excluding hydrogens is 476 g/mol. The van der Waals surface area contributed by atoms with Crippen LogP contribution >= 0.6 is 31.9 Å². The molecule has 0 aliphatic heterocycles. The number of amides is 1. The van der Waals surface area contributed by atoms with Crippen LogP contribution in [0.5, 0.6) is 11.5 Å². The lowest BCUT2D eigenvalue weighted by Crippen LogP contribution is -2.24. The van der Waals surface area contributed by atoms with Gasteiger partial charge in [-0.3, -0.25) is 4.79 Å². The molecule has 0 radical (unpaired) electrons. The van der Waals surface area contributed by atoms with Gasteiger partial charge in [0.2, 0.25) is 0 Å². The highest BCUT2D eigenvalue weighted by atomic mass is 79.9. The summed E-state index contributed by atoms with van der Waals surface area (Å²) >= 11 is 6.96. The number of hydrogen-bond acceptors (Lipinski definition) is 4. The number of carbonyl (C=O) groups is 1. The Kier molecular flexibility index (Phi) is 6.47. The van der Waals surface area contributed by atoms with E-state index >= 15 is 0 Å². The molecule has 1 amide bonds. The van der Waals surface area contributed by atoms with E-state index in [0.29, 0.717) is 11.5 Å². The predicted molar refractivity (Wildman–Crippen MR) is 114 cm³/mol. The molecule has 0 saturated carbocycles. The normalized spacial score (nSPS) is 10.9. The van der Waals surface area contributed by atoms with Gasteiger partial charge in [-0.05, 0) is 51.0 Å². The third-order valence-electron chi connectivity index (χ3n) is 3.78. The van der Waals surface area contributed by atoms with Gasteiger partial charge in [0.25, 0.3) is 5.91 Å². The minimum atomic E-state index is -0.356. The number of nitrogens with zero attached hydrogens (tertiary/aromatic N) is 1. The molecule has 0 aliphatic rings. The van der Waals surface area contributed by atoms with Gasteiger partial charge in [0.15, 0.2) is 6.61 Å². The number of benzene rings is 3. The molecule has 3 aromatic rings. The van der Waals surface area contributed by atoms with Crippen LogP contribution in [0.3, 0.4) is 0 Å². The molecule has 0 heterocycles. The zero-order chi connectivity index (χ0) is 19.2. The summed E-state index contributed by atoms with van der Waals surface area (Å²) in [6.07, 6.45) is 1.54. The molecule has 3 rings (SSSR count). The van der Waals surface area contributed by atoms with Crippen LogP contribution < -0.4 is 14.9 Å². The molecule has 0 aliphatic carbocycles. The summed E-state index contributed by atoms with van der Waals surface area (Å²) in [5, 5.41) is 6.08. The Balaban J connectivity index is 1.60. The third-order valence-corrected chi connectivity index (χ3v) is 5.32. The summed E-state index contributed by atoms with van der Waals surface area (Å²) in [5.41, 5.74) is 3.24. The van der Waals surface area contributed by atoms with Gasteiger partial charge in [-0.15, -0.1) is 0 Å². The topological polar surface area (TPSA) is 59.9 Å². The second-order valence-electron chi connectivity index (χ2n) is 5.57. The predicted octanol–water partition coefficient (Wildman–Crippen LogP) is 4.90. The average molecular weight is 492 g/mol. The SMILES string of the molecule is COc1ccc(Br)c(C=NNC(=O)COc2ccc3ccccc3c2Br)c1.